The van der Waals surface area contributed by atoms with Gasteiger partial charge in [-0.1, -0.05) is 42.5 Å². The summed E-state index contributed by atoms with van der Waals surface area (Å²) < 4.78 is 6.24. The van der Waals surface area contributed by atoms with Gasteiger partial charge in [0.15, 0.2) is 11.0 Å². The van der Waals surface area contributed by atoms with Gasteiger partial charge in [0.25, 0.3) is 0 Å². The van der Waals surface area contributed by atoms with E-state index < -0.39 is 18.2 Å². The van der Waals surface area contributed by atoms with Crippen molar-refractivity contribution in [2.45, 2.75) is 44.4 Å². The van der Waals surface area contributed by atoms with Crippen LogP contribution in [0, 0.1) is 5.41 Å². The van der Waals surface area contributed by atoms with Crippen LogP contribution in [0.3, 0.4) is 0 Å². The van der Waals surface area contributed by atoms with E-state index in [0.717, 1.165) is 15.8 Å². The van der Waals surface area contributed by atoms with Gasteiger partial charge in [-0.3, -0.25) is 15.0 Å². The molecule has 3 aromatic rings. The summed E-state index contributed by atoms with van der Waals surface area (Å²) in [5.41, 5.74) is 6.92. The highest BCUT2D eigenvalue weighted by atomic mass is 32.1. The lowest BCUT2D eigenvalue weighted by atomic mass is 10.1. The number of ketones is 1. The molecule has 11 heteroatoms. The number of ether oxygens (including phenoxy) is 1. The minimum absolute atomic E-state index is 0.0713. The van der Waals surface area contributed by atoms with Gasteiger partial charge in [0.1, 0.15) is 12.6 Å². The topological polar surface area (TPSA) is 150 Å². The number of nitrogens with one attached hydrogen (secondary N) is 3. The van der Waals surface area contributed by atoms with Crippen LogP contribution in [-0.4, -0.2) is 58.8 Å². The Morgan fingerprint density at radius 3 is 2.68 bits per heavy atom. The molecular weight excluding hydrogens is 492 g/mol. The summed E-state index contributed by atoms with van der Waals surface area (Å²) in [6, 6.07) is 15.3. The lowest BCUT2D eigenvalue weighted by Gasteiger charge is -2.28. The van der Waals surface area contributed by atoms with E-state index in [2.05, 4.69) is 15.6 Å². The molecule has 1 aliphatic rings. The lowest BCUT2D eigenvalue weighted by molar-refractivity contribution is -0.133. The molecule has 2 aromatic carbocycles. The SMILES string of the molecule is N=C(N)NCCC[C@H](NC(=O)OCc1ccccc1)C(=O)N1CCC[C@H]1C(=O)c1nc2ccccc2s1. The van der Waals surface area contributed by atoms with Gasteiger partial charge in [0.2, 0.25) is 11.7 Å². The van der Waals surface area contributed by atoms with Crippen molar-refractivity contribution in [2.75, 3.05) is 13.1 Å². The Bertz CT molecular complexity index is 1230. The molecule has 2 atom stereocenters. The molecule has 37 heavy (non-hydrogen) atoms. The number of Topliss-reactive ketones (excluding diaryl/α,β-unsaturated/α-hetero) is 1. The number of guanidine groups is 1. The Morgan fingerprint density at radius 1 is 1.16 bits per heavy atom. The molecule has 4 rings (SSSR count). The van der Waals surface area contributed by atoms with Crippen LogP contribution < -0.4 is 16.4 Å². The second-order valence-corrected chi connectivity index (χ2v) is 9.81. The number of hydrogen-bond donors (Lipinski definition) is 4. The minimum atomic E-state index is -0.888. The Kier molecular flexibility index (Phi) is 8.68. The predicted octanol–water partition coefficient (Wildman–Crippen LogP) is 3.03. The van der Waals surface area contributed by atoms with E-state index in [1.165, 1.54) is 11.3 Å². The van der Waals surface area contributed by atoms with Gasteiger partial charge in [-0.15, -0.1) is 11.3 Å². The maximum absolute atomic E-state index is 13.6. The Labute approximate surface area is 218 Å². The molecule has 10 nitrogen and oxygen atoms in total. The van der Waals surface area contributed by atoms with Crippen molar-refractivity contribution in [1.29, 1.82) is 5.41 Å². The van der Waals surface area contributed by atoms with Crippen molar-refractivity contribution in [1.82, 2.24) is 20.5 Å². The molecule has 0 radical (unpaired) electrons. The zero-order chi connectivity index (χ0) is 26.2. The number of amides is 2. The number of alkyl carbamates (subject to hydrolysis) is 1. The zero-order valence-corrected chi connectivity index (χ0v) is 21.1. The average Bonchev–Trinajstić information content (AvgIpc) is 3.56. The highest BCUT2D eigenvalue weighted by Crippen LogP contribution is 2.27. The third-order valence-corrected chi connectivity index (χ3v) is 7.18. The second kappa shape index (κ2) is 12.3. The summed E-state index contributed by atoms with van der Waals surface area (Å²) in [4.78, 5) is 45.6. The summed E-state index contributed by atoms with van der Waals surface area (Å²) in [5, 5.41) is 13.1. The summed E-state index contributed by atoms with van der Waals surface area (Å²) >= 11 is 1.32. The van der Waals surface area contributed by atoms with E-state index in [1.807, 2.05) is 54.6 Å². The highest BCUT2D eigenvalue weighted by molar-refractivity contribution is 7.20. The molecule has 1 saturated heterocycles. The van der Waals surface area contributed by atoms with Crippen molar-refractivity contribution in [3.8, 4) is 0 Å². The van der Waals surface area contributed by atoms with Crippen LogP contribution in [-0.2, 0) is 16.1 Å². The average molecular weight is 523 g/mol. The maximum Gasteiger partial charge on any atom is 0.408 e. The number of fused-ring (bicyclic) bond motifs is 1. The number of para-hydroxylation sites is 1. The van der Waals surface area contributed by atoms with Crippen molar-refractivity contribution in [3.05, 3.63) is 65.2 Å². The molecule has 2 amide bonds. The number of thiazole rings is 1. The third kappa shape index (κ3) is 6.82. The predicted molar refractivity (Wildman–Crippen MR) is 141 cm³/mol. The molecular formula is C26H30N6O4S. The van der Waals surface area contributed by atoms with Gasteiger partial charge < -0.3 is 26.0 Å². The van der Waals surface area contributed by atoms with Crippen LogP contribution in [0.2, 0.25) is 0 Å². The van der Waals surface area contributed by atoms with Crippen molar-refractivity contribution >= 4 is 45.3 Å². The first-order chi connectivity index (χ1) is 17.9. The fraction of sp³-hybridized carbons (Fsp3) is 0.346. The van der Waals surface area contributed by atoms with Crippen LogP contribution in [0.4, 0.5) is 4.79 Å². The number of nitrogens with two attached hydrogens (primary N) is 1. The molecule has 2 heterocycles. The Morgan fingerprint density at radius 2 is 1.92 bits per heavy atom. The zero-order valence-electron chi connectivity index (χ0n) is 20.3. The Hall–Kier alpha value is -3.99. The molecule has 1 aliphatic heterocycles. The fourth-order valence-corrected chi connectivity index (χ4v) is 5.27. The molecule has 0 spiro atoms. The molecule has 0 saturated carbocycles. The van der Waals surface area contributed by atoms with E-state index in [0.29, 0.717) is 37.4 Å². The number of nitrogens with zero attached hydrogens (tertiary/aromatic N) is 2. The number of rotatable bonds is 10. The van der Waals surface area contributed by atoms with E-state index in [-0.39, 0.29) is 30.7 Å². The fourth-order valence-electron chi connectivity index (χ4n) is 4.32. The van der Waals surface area contributed by atoms with Crippen molar-refractivity contribution in [2.24, 2.45) is 5.73 Å². The van der Waals surface area contributed by atoms with Crippen molar-refractivity contribution < 1.29 is 19.1 Å². The van der Waals surface area contributed by atoms with Crippen LogP contribution in [0.1, 0.15) is 41.0 Å². The van der Waals surface area contributed by atoms with E-state index >= 15 is 0 Å². The first kappa shape index (κ1) is 26.1. The molecule has 1 fully saturated rings. The van der Waals surface area contributed by atoms with Crippen LogP contribution in [0.25, 0.3) is 10.2 Å². The van der Waals surface area contributed by atoms with Gasteiger partial charge in [0.05, 0.1) is 16.3 Å². The van der Waals surface area contributed by atoms with E-state index in [9.17, 15) is 14.4 Å². The van der Waals surface area contributed by atoms with Crippen molar-refractivity contribution in [3.63, 3.8) is 0 Å². The summed E-state index contributed by atoms with van der Waals surface area (Å²) in [6.07, 6.45) is 1.27. The number of hydrogen-bond acceptors (Lipinski definition) is 7. The first-order valence-corrected chi connectivity index (χ1v) is 13.0. The van der Waals surface area contributed by atoms with Crippen LogP contribution in [0.15, 0.2) is 54.6 Å². The van der Waals surface area contributed by atoms with Gasteiger partial charge >= 0.3 is 6.09 Å². The number of likely N-dealkylation sites (tertiary alicyclic amines) is 1. The number of carbonyl (C=O) groups excluding carboxylic acids is 3. The van der Waals surface area contributed by atoms with Gasteiger partial charge in [0, 0.05) is 13.1 Å². The van der Waals surface area contributed by atoms with Gasteiger partial charge in [-0.05, 0) is 43.4 Å². The largest absolute Gasteiger partial charge is 0.445 e. The normalized spacial score (nSPS) is 15.8. The first-order valence-electron chi connectivity index (χ1n) is 12.2. The van der Waals surface area contributed by atoms with Crippen LogP contribution in [0.5, 0.6) is 0 Å². The smallest absolute Gasteiger partial charge is 0.408 e. The highest BCUT2D eigenvalue weighted by Gasteiger charge is 2.39. The Balaban J connectivity index is 1.44. The van der Waals surface area contributed by atoms with E-state index in [4.69, 9.17) is 15.9 Å². The number of carbonyl (C=O) groups is 3. The quantitative estimate of drug-likeness (QED) is 0.138. The van der Waals surface area contributed by atoms with E-state index in [1.54, 1.807) is 4.90 Å². The number of benzene rings is 2. The third-order valence-electron chi connectivity index (χ3n) is 6.13. The molecule has 194 valence electrons. The molecule has 5 N–H and O–H groups in total. The lowest BCUT2D eigenvalue weighted by Crippen LogP contribution is -2.52. The summed E-state index contributed by atoms with van der Waals surface area (Å²) in [5.74, 6) is -0.689. The van der Waals surface area contributed by atoms with Gasteiger partial charge in [-0.25, -0.2) is 9.78 Å². The molecule has 0 bridgehead atoms. The molecule has 0 unspecified atom stereocenters. The second-order valence-electron chi connectivity index (χ2n) is 8.78. The molecule has 0 aliphatic carbocycles. The maximum atomic E-state index is 13.6. The van der Waals surface area contributed by atoms with Crippen LogP contribution >= 0.6 is 11.3 Å². The number of aromatic nitrogens is 1. The standard InChI is InChI=1S/C26H30N6O4S/c27-25(28)29-14-6-11-19(31-26(35)36-16-17-8-2-1-3-9-17)24(34)32-15-7-12-20(32)22(33)23-30-18-10-4-5-13-21(18)37-23/h1-5,8-10,13,19-20H,6-7,11-12,14-16H2,(H,31,35)(H4,27,28,29)/t19-,20-/m0/s1. The molecule has 1 aromatic heterocycles. The monoisotopic (exact) mass is 522 g/mol. The summed E-state index contributed by atoms with van der Waals surface area (Å²) in [6.45, 7) is 0.860. The summed E-state index contributed by atoms with van der Waals surface area (Å²) in [7, 11) is 0. The van der Waals surface area contributed by atoms with Gasteiger partial charge in [-0.2, -0.15) is 0 Å². The minimum Gasteiger partial charge on any atom is -0.445 e.